The van der Waals surface area contributed by atoms with Crippen molar-refractivity contribution in [1.29, 1.82) is 0 Å². The van der Waals surface area contributed by atoms with Crippen molar-refractivity contribution >= 4 is 23.1 Å². The van der Waals surface area contributed by atoms with Crippen LogP contribution in [0.3, 0.4) is 0 Å². The standard InChI is InChI=1S/C26H28N2O2/c1-4-18-12-14-19(15-13-18)24-23(26(30)28-20-9-6-5-8-16(20)2)17(3)27-21-10-7-11-22(29)25(21)24/h5-6,8-9,12-15,24-25H,4,7,10-11H2,1-3H3,(H,28,30)/t24-,25?/m0/s1. The minimum atomic E-state index is -0.340. The minimum Gasteiger partial charge on any atom is -0.322 e. The van der Waals surface area contributed by atoms with Gasteiger partial charge in [-0.2, -0.15) is 0 Å². The number of aryl methyl sites for hydroxylation is 2. The van der Waals surface area contributed by atoms with Gasteiger partial charge in [0.05, 0.1) is 5.92 Å². The van der Waals surface area contributed by atoms with Crippen molar-refractivity contribution in [2.45, 2.75) is 52.4 Å². The Hall–Kier alpha value is -3.01. The molecule has 2 aromatic carbocycles. The van der Waals surface area contributed by atoms with Crippen LogP contribution >= 0.6 is 0 Å². The molecule has 4 heteroatoms. The van der Waals surface area contributed by atoms with E-state index in [0.29, 0.717) is 17.7 Å². The fourth-order valence-corrected chi connectivity index (χ4v) is 4.64. The third-order valence-corrected chi connectivity index (χ3v) is 6.29. The number of rotatable bonds is 4. The lowest BCUT2D eigenvalue weighted by Crippen LogP contribution is -2.39. The highest BCUT2D eigenvalue weighted by Gasteiger charge is 2.43. The molecule has 0 bridgehead atoms. The Morgan fingerprint density at radius 1 is 1.03 bits per heavy atom. The van der Waals surface area contributed by atoms with E-state index >= 15 is 0 Å². The molecule has 1 fully saturated rings. The lowest BCUT2D eigenvalue weighted by atomic mass is 9.69. The van der Waals surface area contributed by atoms with E-state index in [0.717, 1.165) is 41.8 Å². The number of hydrogen-bond donors (Lipinski definition) is 1. The zero-order valence-corrected chi connectivity index (χ0v) is 17.9. The fraction of sp³-hybridized carbons (Fsp3) is 0.346. The van der Waals surface area contributed by atoms with E-state index in [1.54, 1.807) is 0 Å². The summed E-state index contributed by atoms with van der Waals surface area (Å²) in [4.78, 5) is 31.2. The number of nitrogens with one attached hydrogen (secondary N) is 1. The number of allylic oxidation sites excluding steroid dienone is 1. The molecule has 1 amide bonds. The maximum atomic E-state index is 13.5. The first-order valence-corrected chi connectivity index (χ1v) is 10.8. The van der Waals surface area contributed by atoms with Gasteiger partial charge in [-0.15, -0.1) is 0 Å². The molecule has 2 aliphatic rings. The summed E-state index contributed by atoms with van der Waals surface area (Å²) in [7, 11) is 0. The number of fused-ring (bicyclic) bond motifs is 1. The number of Topliss-reactive ketones (excluding diaryl/α,β-unsaturated/α-hetero) is 1. The van der Waals surface area contributed by atoms with Gasteiger partial charge in [-0.05, 0) is 55.9 Å². The van der Waals surface area contributed by atoms with Gasteiger partial charge in [0.2, 0.25) is 0 Å². The molecular weight excluding hydrogens is 372 g/mol. The molecule has 1 saturated carbocycles. The Morgan fingerprint density at radius 3 is 2.47 bits per heavy atom. The highest BCUT2D eigenvalue weighted by Crippen LogP contribution is 2.43. The van der Waals surface area contributed by atoms with Gasteiger partial charge in [-0.25, -0.2) is 0 Å². The quantitative estimate of drug-likeness (QED) is 0.749. The summed E-state index contributed by atoms with van der Waals surface area (Å²) < 4.78 is 0. The van der Waals surface area contributed by atoms with Crippen LogP contribution in [-0.2, 0) is 16.0 Å². The zero-order valence-electron chi connectivity index (χ0n) is 17.9. The molecule has 1 aliphatic heterocycles. The summed E-state index contributed by atoms with van der Waals surface area (Å²) in [5, 5.41) is 3.07. The van der Waals surface area contributed by atoms with Crippen LogP contribution in [0, 0.1) is 12.8 Å². The highest BCUT2D eigenvalue weighted by atomic mass is 16.2. The number of nitrogens with zero attached hydrogens (tertiary/aromatic N) is 1. The van der Waals surface area contributed by atoms with Crippen molar-refractivity contribution < 1.29 is 9.59 Å². The molecule has 4 nitrogen and oxygen atoms in total. The number of aliphatic imine (C=N–C) groups is 1. The van der Waals surface area contributed by atoms with Gasteiger partial charge in [0.25, 0.3) is 5.91 Å². The monoisotopic (exact) mass is 400 g/mol. The van der Waals surface area contributed by atoms with Crippen LogP contribution in [0.1, 0.15) is 55.7 Å². The minimum absolute atomic E-state index is 0.174. The SMILES string of the molecule is CCc1ccc([C@H]2C(C(=O)Nc3ccccc3C)=C(C)N=C3CCCC(=O)C32)cc1. The largest absolute Gasteiger partial charge is 0.322 e. The Balaban J connectivity index is 1.79. The number of carbonyl (C=O) groups is 2. The normalized spacial score (nSPS) is 21.2. The van der Waals surface area contributed by atoms with Crippen molar-refractivity contribution in [2.24, 2.45) is 10.9 Å². The van der Waals surface area contributed by atoms with E-state index in [1.807, 2.05) is 38.1 Å². The molecule has 154 valence electrons. The maximum Gasteiger partial charge on any atom is 0.254 e. The third-order valence-electron chi connectivity index (χ3n) is 6.29. The summed E-state index contributed by atoms with van der Waals surface area (Å²) in [5.74, 6) is -0.612. The first kappa shape index (κ1) is 20.3. The molecule has 0 saturated heterocycles. The fourth-order valence-electron chi connectivity index (χ4n) is 4.64. The summed E-state index contributed by atoms with van der Waals surface area (Å²) in [5.41, 5.74) is 6.28. The summed E-state index contributed by atoms with van der Waals surface area (Å²) in [6.07, 6.45) is 3.17. The Bertz CT molecular complexity index is 1050. The van der Waals surface area contributed by atoms with Crippen LogP contribution in [0.25, 0.3) is 0 Å². The maximum absolute atomic E-state index is 13.5. The first-order chi connectivity index (χ1) is 14.5. The van der Waals surface area contributed by atoms with E-state index < -0.39 is 0 Å². The molecule has 30 heavy (non-hydrogen) atoms. The van der Waals surface area contributed by atoms with E-state index in [-0.39, 0.29) is 23.5 Å². The molecule has 1 heterocycles. The van der Waals surface area contributed by atoms with Gasteiger partial charge in [-0.1, -0.05) is 49.4 Å². The van der Waals surface area contributed by atoms with Crippen LogP contribution in [-0.4, -0.2) is 17.4 Å². The van der Waals surface area contributed by atoms with Crippen molar-refractivity contribution in [3.63, 3.8) is 0 Å². The topological polar surface area (TPSA) is 58.5 Å². The van der Waals surface area contributed by atoms with Gasteiger partial charge in [-0.3, -0.25) is 14.6 Å². The predicted octanol–water partition coefficient (Wildman–Crippen LogP) is 5.38. The van der Waals surface area contributed by atoms with Crippen LogP contribution in [0.15, 0.2) is 64.8 Å². The van der Waals surface area contributed by atoms with E-state index in [2.05, 4.69) is 36.5 Å². The zero-order chi connectivity index (χ0) is 21.3. The molecule has 2 atom stereocenters. The van der Waals surface area contributed by atoms with Crippen molar-refractivity contribution in [1.82, 2.24) is 0 Å². The average Bonchev–Trinajstić information content (AvgIpc) is 2.74. The van der Waals surface area contributed by atoms with Gasteiger partial charge < -0.3 is 5.32 Å². The lowest BCUT2D eigenvalue weighted by molar-refractivity contribution is -0.122. The lowest BCUT2D eigenvalue weighted by Gasteiger charge is -2.36. The average molecular weight is 401 g/mol. The van der Waals surface area contributed by atoms with E-state index in [4.69, 9.17) is 4.99 Å². The number of anilines is 1. The molecule has 1 N–H and O–H groups in total. The molecule has 0 spiro atoms. The second kappa shape index (κ2) is 8.39. The Kier molecular flexibility index (Phi) is 5.67. The number of ketones is 1. The summed E-state index contributed by atoms with van der Waals surface area (Å²) in [6.45, 7) is 5.98. The molecular formula is C26H28N2O2. The van der Waals surface area contributed by atoms with Gasteiger partial charge >= 0.3 is 0 Å². The highest BCUT2D eigenvalue weighted by molar-refractivity contribution is 6.14. The molecule has 2 aromatic rings. The first-order valence-electron chi connectivity index (χ1n) is 10.8. The van der Waals surface area contributed by atoms with E-state index in [1.165, 1.54) is 5.56 Å². The molecule has 1 unspecified atom stereocenters. The van der Waals surface area contributed by atoms with Crippen LogP contribution < -0.4 is 5.32 Å². The van der Waals surface area contributed by atoms with Gasteiger partial charge in [0, 0.05) is 35.0 Å². The van der Waals surface area contributed by atoms with Crippen LogP contribution in [0.5, 0.6) is 0 Å². The van der Waals surface area contributed by atoms with Crippen molar-refractivity contribution in [3.8, 4) is 0 Å². The summed E-state index contributed by atoms with van der Waals surface area (Å²) >= 11 is 0. The summed E-state index contributed by atoms with van der Waals surface area (Å²) in [6, 6.07) is 16.1. The third kappa shape index (κ3) is 3.74. The molecule has 4 rings (SSSR count). The molecule has 0 aromatic heterocycles. The van der Waals surface area contributed by atoms with Gasteiger partial charge in [0.15, 0.2) is 0 Å². The second-order valence-electron chi connectivity index (χ2n) is 8.24. The molecule has 1 aliphatic carbocycles. The van der Waals surface area contributed by atoms with Crippen LogP contribution in [0.4, 0.5) is 5.69 Å². The second-order valence-corrected chi connectivity index (χ2v) is 8.24. The Morgan fingerprint density at radius 2 is 1.77 bits per heavy atom. The van der Waals surface area contributed by atoms with Crippen LogP contribution in [0.2, 0.25) is 0 Å². The van der Waals surface area contributed by atoms with Crippen molar-refractivity contribution in [3.05, 3.63) is 76.5 Å². The number of carbonyl (C=O) groups excluding carboxylic acids is 2. The number of hydrogen-bond acceptors (Lipinski definition) is 3. The molecule has 0 radical (unpaired) electrons. The number of benzene rings is 2. The number of amides is 1. The van der Waals surface area contributed by atoms with Crippen molar-refractivity contribution in [2.75, 3.05) is 5.32 Å². The van der Waals surface area contributed by atoms with E-state index in [9.17, 15) is 9.59 Å². The van der Waals surface area contributed by atoms with Gasteiger partial charge in [0.1, 0.15) is 5.78 Å². The predicted molar refractivity (Wildman–Crippen MR) is 121 cm³/mol. The smallest absolute Gasteiger partial charge is 0.254 e. The Labute approximate surface area is 178 Å². The number of para-hydroxylation sites is 1.